The molecule has 0 aliphatic carbocycles. The lowest BCUT2D eigenvalue weighted by atomic mass is 10.0. The molecule has 2 heterocycles. The minimum atomic E-state index is 0.395. The van der Waals surface area contributed by atoms with Gasteiger partial charge in [-0.15, -0.1) is 0 Å². The number of hydrogen-bond donors (Lipinski definition) is 1. The number of aryl methyl sites for hydroxylation is 1. The van der Waals surface area contributed by atoms with Crippen LogP contribution in [0, 0.1) is 0 Å². The summed E-state index contributed by atoms with van der Waals surface area (Å²) in [5, 5.41) is 3.64. The Morgan fingerprint density at radius 2 is 1.80 bits per heavy atom. The van der Waals surface area contributed by atoms with Crippen LogP contribution in [0.4, 0.5) is 0 Å². The molecular formula is C25H26BrN3O. The summed E-state index contributed by atoms with van der Waals surface area (Å²) < 4.78 is 8.56. The number of hydrogen-bond acceptors (Lipinski definition) is 3. The highest BCUT2D eigenvalue weighted by Gasteiger charge is 2.15. The van der Waals surface area contributed by atoms with Crippen LogP contribution in [-0.4, -0.2) is 22.5 Å². The number of methoxy groups -OCH3 is 1. The highest BCUT2D eigenvalue weighted by Crippen LogP contribution is 2.28. The fraction of sp³-hybridized carbons (Fsp3) is 0.240. The molecule has 0 radical (unpaired) electrons. The maximum atomic E-state index is 5.31. The Hall–Kier alpha value is -2.63. The first-order valence-electron chi connectivity index (χ1n) is 10.2. The van der Waals surface area contributed by atoms with E-state index in [1.165, 1.54) is 11.3 Å². The van der Waals surface area contributed by atoms with Gasteiger partial charge in [0.1, 0.15) is 11.4 Å². The minimum Gasteiger partial charge on any atom is -0.497 e. The molecule has 154 valence electrons. The Labute approximate surface area is 186 Å². The maximum Gasteiger partial charge on any atom is 0.137 e. The van der Waals surface area contributed by atoms with E-state index in [1.54, 1.807) is 7.11 Å². The molecule has 0 bridgehead atoms. The summed E-state index contributed by atoms with van der Waals surface area (Å²) in [6.45, 7) is 3.13. The topological polar surface area (TPSA) is 38.6 Å². The van der Waals surface area contributed by atoms with Gasteiger partial charge in [0.25, 0.3) is 0 Å². The third kappa shape index (κ3) is 4.74. The Bertz CT molecular complexity index is 1110. The van der Waals surface area contributed by atoms with E-state index in [4.69, 9.17) is 9.72 Å². The smallest absolute Gasteiger partial charge is 0.137 e. The number of ether oxygens (including phenoxy) is 1. The molecule has 2 aromatic carbocycles. The van der Waals surface area contributed by atoms with Crippen molar-refractivity contribution >= 4 is 21.6 Å². The number of rotatable bonds is 8. The molecule has 0 aliphatic heterocycles. The van der Waals surface area contributed by atoms with Gasteiger partial charge in [0, 0.05) is 28.8 Å². The standard InChI is InChI=1S/C25H26BrN3O/c1-18(27-16-19-6-4-3-5-7-19)8-14-23-25(20-9-12-22(30-2)13-10-20)28-24-15-11-21(26)17-29(23)24/h3-7,9-13,15,17-18,27H,8,14,16H2,1-2H3. The van der Waals surface area contributed by atoms with E-state index < -0.39 is 0 Å². The van der Waals surface area contributed by atoms with E-state index in [2.05, 4.69) is 87.3 Å². The van der Waals surface area contributed by atoms with Crippen LogP contribution in [0.25, 0.3) is 16.9 Å². The van der Waals surface area contributed by atoms with Crippen LogP contribution >= 0.6 is 15.9 Å². The van der Waals surface area contributed by atoms with Crippen LogP contribution < -0.4 is 10.1 Å². The lowest BCUT2D eigenvalue weighted by Crippen LogP contribution is -2.26. The van der Waals surface area contributed by atoms with Crippen molar-refractivity contribution in [3.05, 3.63) is 88.7 Å². The number of aromatic nitrogens is 2. The van der Waals surface area contributed by atoms with Crippen molar-refractivity contribution in [2.45, 2.75) is 32.4 Å². The molecule has 1 unspecified atom stereocenters. The van der Waals surface area contributed by atoms with Crippen molar-refractivity contribution in [3.63, 3.8) is 0 Å². The third-order valence-electron chi connectivity index (χ3n) is 5.36. The first-order chi connectivity index (χ1) is 14.6. The predicted octanol–water partition coefficient (Wildman–Crippen LogP) is 5.88. The van der Waals surface area contributed by atoms with E-state index in [-0.39, 0.29) is 0 Å². The molecule has 1 N–H and O–H groups in total. The van der Waals surface area contributed by atoms with Gasteiger partial charge < -0.3 is 14.5 Å². The van der Waals surface area contributed by atoms with Gasteiger partial charge in [0.15, 0.2) is 0 Å². The predicted molar refractivity (Wildman–Crippen MR) is 126 cm³/mol. The second-order valence-electron chi connectivity index (χ2n) is 7.52. The van der Waals surface area contributed by atoms with Crippen molar-refractivity contribution in [1.29, 1.82) is 0 Å². The van der Waals surface area contributed by atoms with Crippen molar-refractivity contribution in [1.82, 2.24) is 14.7 Å². The maximum absolute atomic E-state index is 5.31. The molecule has 0 amide bonds. The summed E-state index contributed by atoms with van der Waals surface area (Å²) in [6.07, 6.45) is 4.06. The summed E-state index contributed by atoms with van der Waals surface area (Å²) >= 11 is 3.60. The first-order valence-corrected chi connectivity index (χ1v) is 11.0. The molecule has 4 rings (SSSR count). The molecule has 30 heavy (non-hydrogen) atoms. The van der Waals surface area contributed by atoms with Crippen LogP contribution in [0.1, 0.15) is 24.6 Å². The summed E-state index contributed by atoms with van der Waals surface area (Å²) in [4.78, 5) is 4.93. The molecule has 0 saturated heterocycles. The highest BCUT2D eigenvalue weighted by molar-refractivity contribution is 9.10. The molecule has 4 aromatic rings. The lowest BCUT2D eigenvalue weighted by molar-refractivity contribution is 0.415. The zero-order chi connectivity index (χ0) is 20.9. The van der Waals surface area contributed by atoms with Gasteiger partial charge in [-0.1, -0.05) is 30.3 Å². The van der Waals surface area contributed by atoms with E-state index >= 15 is 0 Å². The molecule has 0 saturated carbocycles. The second kappa shape index (κ2) is 9.45. The molecular weight excluding hydrogens is 438 g/mol. The molecule has 0 aliphatic rings. The van der Waals surface area contributed by atoms with Crippen molar-refractivity contribution in [2.75, 3.05) is 7.11 Å². The SMILES string of the molecule is COc1ccc(-c2nc3ccc(Br)cn3c2CCC(C)NCc2ccccc2)cc1. The van der Waals surface area contributed by atoms with E-state index in [1.807, 2.05) is 18.2 Å². The normalized spacial score (nSPS) is 12.2. The van der Waals surface area contributed by atoms with Gasteiger partial charge in [0.2, 0.25) is 0 Å². The van der Waals surface area contributed by atoms with E-state index in [0.29, 0.717) is 6.04 Å². The van der Waals surface area contributed by atoms with Crippen molar-refractivity contribution in [2.24, 2.45) is 0 Å². The highest BCUT2D eigenvalue weighted by atomic mass is 79.9. The Balaban J connectivity index is 1.55. The van der Waals surface area contributed by atoms with Crippen LogP contribution in [0.15, 0.2) is 77.4 Å². The zero-order valence-corrected chi connectivity index (χ0v) is 18.9. The minimum absolute atomic E-state index is 0.395. The molecule has 1 atom stereocenters. The lowest BCUT2D eigenvalue weighted by Gasteiger charge is -2.14. The monoisotopic (exact) mass is 463 g/mol. The molecule has 2 aromatic heterocycles. The summed E-state index contributed by atoms with van der Waals surface area (Å²) in [5.41, 5.74) is 5.64. The van der Waals surface area contributed by atoms with Gasteiger partial charge in [-0.2, -0.15) is 0 Å². The molecule has 4 nitrogen and oxygen atoms in total. The summed E-state index contributed by atoms with van der Waals surface area (Å²) in [6, 6.07) is 23.2. The van der Waals surface area contributed by atoms with Crippen LogP contribution in [0.5, 0.6) is 5.75 Å². The number of fused-ring (bicyclic) bond motifs is 1. The molecule has 0 spiro atoms. The number of pyridine rings is 1. The number of benzene rings is 2. The van der Waals surface area contributed by atoms with Gasteiger partial charge in [0.05, 0.1) is 18.5 Å². The van der Waals surface area contributed by atoms with E-state index in [0.717, 1.165) is 46.5 Å². The largest absolute Gasteiger partial charge is 0.497 e. The molecule has 5 heteroatoms. The zero-order valence-electron chi connectivity index (χ0n) is 17.3. The van der Waals surface area contributed by atoms with Gasteiger partial charge >= 0.3 is 0 Å². The Morgan fingerprint density at radius 3 is 2.53 bits per heavy atom. The van der Waals surface area contributed by atoms with Crippen molar-refractivity contribution in [3.8, 4) is 17.0 Å². The fourth-order valence-electron chi connectivity index (χ4n) is 3.63. The number of imidazole rings is 1. The average molecular weight is 464 g/mol. The Morgan fingerprint density at radius 1 is 1.03 bits per heavy atom. The Kier molecular flexibility index (Phi) is 6.50. The van der Waals surface area contributed by atoms with Crippen LogP contribution in [0.2, 0.25) is 0 Å². The molecule has 0 fully saturated rings. The summed E-state index contributed by atoms with van der Waals surface area (Å²) in [5.74, 6) is 0.852. The van der Waals surface area contributed by atoms with E-state index in [9.17, 15) is 0 Å². The number of halogens is 1. The quantitative estimate of drug-likeness (QED) is 0.354. The fourth-order valence-corrected chi connectivity index (χ4v) is 3.97. The van der Waals surface area contributed by atoms with Gasteiger partial charge in [-0.25, -0.2) is 4.98 Å². The summed E-state index contributed by atoms with van der Waals surface area (Å²) in [7, 11) is 1.69. The number of nitrogens with one attached hydrogen (secondary N) is 1. The average Bonchev–Trinajstić information content (AvgIpc) is 3.14. The second-order valence-corrected chi connectivity index (χ2v) is 8.43. The van der Waals surface area contributed by atoms with Gasteiger partial charge in [-0.3, -0.25) is 0 Å². The number of nitrogens with zero attached hydrogens (tertiary/aromatic N) is 2. The van der Waals surface area contributed by atoms with Crippen LogP contribution in [0.3, 0.4) is 0 Å². The van der Waals surface area contributed by atoms with Gasteiger partial charge in [-0.05, 0) is 77.7 Å². The van der Waals surface area contributed by atoms with Crippen LogP contribution in [-0.2, 0) is 13.0 Å². The first kappa shape index (κ1) is 20.6. The van der Waals surface area contributed by atoms with Crippen molar-refractivity contribution < 1.29 is 4.74 Å². The third-order valence-corrected chi connectivity index (χ3v) is 5.83.